The van der Waals surface area contributed by atoms with Crippen molar-refractivity contribution >= 4 is 30.1 Å². The molecule has 21 heavy (non-hydrogen) atoms. The molecule has 2 saturated heterocycles. The van der Waals surface area contributed by atoms with Crippen LogP contribution in [0.5, 0.6) is 0 Å². The van der Waals surface area contributed by atoms with Crippen molar-refractivity contribution in [2.24, 2.45) is 0 Å². The van der Waals surface area contributed by atoms with Gasteiger partial charge >= 0.3 is 0 Å². The van der Waals surface area contributed by atoms with Crippen LogP contribution in [0.3, 0.4) is 0 Å². The summed E-state index contributed by atoms with van der Waals surface area (Å²) >= 11 is 1.52. The zero-order chi connectivity index (χ0) is 13.9. The SMILES string of the molecule is CSc1ccc(C(=O)N2CCC(N3CCNCC3)C2)o1.Cl. The Balaban J connectivity index is 0.00000161. The van der Waals surface area contributed by atoms with Gasteiger partial charge < -0.3 is 14.6 Å². The molecule has 1 atom stereocenters. The van der Waals surface area contributed by atoms with Crippen LogP contribution in [0.15, 0.2) is 21.6 Å². The maximum absolute atomic E-state index is 12.4. The molecule has 3 rings (SSSR count). The second-order valence-corrected chi connectivity index (χ2v) is 6.11. The van der Waals surface area contributed by atoms with Gasteiger partial charge in [0, 0.05) is 45.3 Å². The fourth-order valence-electron chi connectivity index (χ4n) is 2.97. The van der Waals surface area contributed by atoms with Crippen molar-refractivity contribution in [2.45, 2.75) is 17.6 Å². The van der Waals surface area contributed by atoms with Gasteiger partial charge in [-0.25, -0.2) is 0 Å². The summed E-state index contributed by atoms with van der Waals surface area (Å²) in [5, 5.41) is 4.17. The highest BCUT2D eigenvalue weighted by Crippen LogP contribution is 2.22. The number of amides is 1. The van der Waals surface area contributed by atoms with Gasteiger partial charge in [-0.05, 0) is 24.8 Å². The summed E-state index contributed by atoms with van der Waals surface area (Å²) in [4.78, 5) is 16.8. The Hall–Kier alpha value is -0.690. The van der Waals surface area contributed by atoms with E-state index in [2.05, 4.69) is 10.2 Å². The van der Waals surface area contributed by atoms with Gasteiger partial charge in [0.05, 0.1) is 0 Å². The third-order valence-corrected chi connectivity index (χ3v) is 4.73. The van der Waals surface area contributed by atoms with Gasteiger partial charge in [0.25, 0.3) is 5.91 Å². The molecule has 1 unspecified atom stereocenters. The van der Waals surface area contributed by atoms with E-state index < -0.39 is 0 Å². The number of furan rings is 1. The van der Waals surface area contributed by atoms with Gasteiger partial charge in [-0.15, -0.1) is 12.4 Å². The summed E-state index contributed by atoms with van der Waals surface area (Å²) in [5.74, 6) is 0.498. The van der Waals surface area contributed by atoms with E-state index in [0.29, 0.717) is 11.8 Å². The average molecular weight is 332 g/mol. The third-order valence-electron chi connectivity index (χ3n) is 4.11. The molecule has 2 aliphatic rings. The number of piperazine rings is 1. The number of carbonyl (C=O) groups is 1. The molecule has 0 spiro atoms. The normalized spacial score (nSPS) is 23.1. The van der Waals surface area contributed by atoms with E-state index in [0.717, 1.165) is 50.8 Å². The van der Waals surface area contributed by atoms with Crippen LogP contribution in [0.4, 0.5) is 0 Å². The zero-order valence-corrected chi connectivity index (χ0v) is 13.8. The van der Waals surface area contributed by atoms with Crippen molar-refractivity contribution in [1.29, 1.82) is 0 Å². The maximum atomic E-state index is 12.4. The Bertz CT molecular complexity index is 477. The van der Waals surface area contributed by atoms with Crippen molar-refractivity contribution < 1.29 is 9.21 Å². The Morgan fingerprint density at radius 1 is 1.33 bits per heavy atom. The second-order valence-electron chi connectivity index (χ2n) is 5.30. The molecule has 0 saturated carbocycles. The number of rotatable bonds is 3. The highest BCUT2D eigenvalue weighted by atomic mass is 35.5. The van der Waals surface area contributed by atoms with E-state index in [4.69, 9.17) is 4.42 Å². The lowest BCUT2D eigenvalue weighted by atomic mass is 10.2. The molecular formula is C14H22ClN3O2S. The first-order valence-electron chi connectivity index (χ1n) is 7.16. The first-order chi connectivity index (χ1) is 9.78. The Morgan fingerprint density at radius 3 is 2.76 bits per heavy atom. The summed E-state index contributed by atoms with van der Waals surface area (Å²) in [7, 11) is 0. The van der Waals surface area contributed by atoms with Crippen molar-refractivity contribution in [1.82, 2.24) is 15.1 Å². The molecule has 0 aliphatic carbocycles. The molecule has 1 aromatic rings. The lowest BCUT2D eigenvalue weighted by Gasteiger charge is -2.32. The molecule has 1 aromatic heterocycles. The molecule has 3 heterocycles. The van der Waals surface area contributed by atoms with Crippen LogP contribution in [0.25, 0.3) is 0 Å². The molecule has 5 nitrogen and oxygen atoms in total. The van der Waals surface area contributed by atoms with E-state index >= 15 is 0 Å². The number of nitrogens with zero attached hydrogens (tertiary/aromatic N) is 2. The van der Waals surface area contributed by atoms with E-state index in [9.17, 15) is 4.79 Å². The van der Waals surface area contributed by atoms with Crippen molar-refractivity contribution in [2.75, 3.05) is 45.5 Å². The molecule has 0 bridgehead atoms. The smallest absolute Gasteiger partial charge is 0.289 e. The van der Waals surface area contributed by atoms with Crippen LogP contribution in [0, 0.1) is 0 Å². The number of nitrogens with one attached hydrogen (secondary N) is 1. The zero-order valence-electron chi connectivity index (χ0n) is 12.2. The highest BCUT2D eigenvalue weighted by Gasteiger charge is 2.32. The Morgan fingerprint density at radius 2 is 2.10 bits per heavy atom. The number of thioether (sulfide) groups is 1. The Labute approximate surface area is 135 Å². The van der Waals surface area contributed by atoms with Crippen LogP contribution < -0.4 is 5.32 Å². The van der Waals surface area contributed by atoms with Crippen LogP contribution in [0.1, 0.15) is 17.0 Å². The summed E-state index contributed by atoms with van der Waals surface area (Å²) in [5.41, 5.74) is 0. The predicted molar refractivity (Wildman–Crippen MR) is 86.5 cm³/mol. The van der Waals surface area contributed by atoms with Gasteiger partial charge in [0.15, 0.2) is 10.9 Å². The molecule has 118 valence electrons. The van der Waals surface area contributed by atoms with Gasteiger partial charge in [-0.2, -0.15) is 0 Å². The molecule has 7 heteroatoms. The van der Waals surface area contributed by atoms with Crippen molar-refractivity contribution in [3.63, 3.8) is 0 Å². The molecular weight excluding hydrogens is 310 g/mol. The van der Waals surface area contributed by atoms with Crippen molar-refractivity contribution in [3.8, 4) is 0 Å². The van der Waals surface area contributed by atoms with Gasteiger partial charge in [0.1, 0.15) is 0 Å². The first kappa shape index (κ1) is 16.7. The summed E-state index contributed by atoms with van der Waals surface area (Å²) < 4.78 is 5.54. The molecule has 0 aromatic carbocycles. The van der Waals surface area contributed by atoms with E-state index in [-0.39, 0.29) is 18.3 Å². The van der Waals surface area contributed by atoms with E-state index in [1.807, 2.05) is 17.2 Å². The molecule has 1 amide bonds. The second kappa shape index (κ2) is 7.54. The largest absolute Gasteiger partial charge is 0.445 e. The summed E-state index contributed by atoms with van der Waals surface area (Å²) in [6.45, 7) is 5.95. The maximum Gasteiger partial charge on any atom is 0.289 e. The highest BCUT2D eigenvalue weighted by molar-refractivity contribution is 7.98. The van der Waals surface area contributed by atoms with Crippen molar-refractivity contribution in [3.05, 3.63) is 17.9 Å². The minimum absolute atomic E-state index is 0. The third kappa shape index (κ3) is 3.74. The topological polar surface area (TPSA) is 48.7 Å². The van der Waals surface area contributed by atoms with Gasteiger partial charge in [-0.1, -0.05) is 11.8 Å². The minimum Gasteiger partial charge on any atom is -0.445 e. The lowest BCUT2D eigenvalue weighted by Crippen LogP contribution is -2.49. The van der Waals surface area contributed by atoms with Crippen LogP contribution in [-0.4, -0.2) is 67.3 Å². The fourth-order valence-corrected chi connectivity index (χ4v) is 3.35. The van der Waals surface area contributed by atoms with Crippen LogP contribution >= 0.6 is 24.2 Å². The number of hydrogen-bond acceptors (Lipinski definition) is 5. The Kier molecular flexibility index (Phi) is 5.98. The number of likely N-dealkylation sites (tertiary alicyclic amines) is 1. The lowest BCUT2D eigenvalue weighted by molar-refractivity contribution is 0.0737. The van der Waals surface area contributed by atoms with E-state index in [1.165, 1.54) is 11.8 Å². The van der Waals surface area contributed by atoms with Gasteiger partial charge in [0.2, 0.25) is 0 Å². The van der Waals surface area contributed by atoms with E-state index in [1.54, 1.807) is 6.07 Å². The van der Waals surface area contributed by atoms with Crippen LogP contribution in [-0.2, 0) is 0 Å². The standard InChI is InChI=1S/C14H21N3O2S.ClH/c1-20-13-3-2-12(19-13)14(18)17-7-4-11(10-17)16-8-5-15-6-9-16;/h2-3,11,15H,4-10H2,1H3;1H. The average Bonchev–Trinajstić information content (AvgIpc) is 3.17. The quantitative estimate of drug-likeness (QED) is 0.851. The first-order valence-corrected chi connectivity index (χ1v) is 8.38. The predicted octanol–water partition coefficient (Wildman–Crippen LogP) is 1.54. The molecule has 1 N–H and O–H groups in total. The van der Waals surface area contributed by atoms with Gasteiger partial charge in [-0.3, -0.25) is 9.69 Å². The number of carbonyl (C=O) groups excluding carboxylic acids is 1. The molecule has 0 radical (unpaired) electrons. The summed E-state index contributed by atoms with van der Waals surface area (Å²) in [6, 6.07) is 4.16. The number of halogens is 1. The molecule has 2 aliphatic heterocycles. The minimum atomic E-state index is 0. The number of hydrogen-bond donors (Lipinski definition) is 1. The molecule has 2 fully saturated rings. The summed E-state index contributed by atoms with van der Waals surface area (Å²) in [6.07, 6.45) is 3.02. The van der Waals surface area contributed by atoms with Crippen LogP contribution in [0.2, 0.25) is 0 Å². The monoisotopic (exact) mass is 331 g/mol. The fraction of sp³-hybridized carbons (Fsp3) is 0.643.